The van der Waals surface area contributed by atoms with Crippen LogP contribution < -0.4 is 10.6 Å². The third kappa shape index (κ3) is 4.82. The van der Waals surface area contributed by atoms with E-state index in [0.717, 1.165) is 22.6 Å². The molecule has 0 atom stereocenters. The molecule has 0 radical (unpaired) electrons. The first-order valence-corrected chi connectivity index (χ1v) is 7.41. The van der Waals surface area contributed by atoms with Crippen molar-refractivity contribution in [3.8, 4) is 0 Å². The minimum absolute atomic E-state index is 0.519. The number of nitrogens with zero attached hydrogens (tertiary/aromatic N) is 2. The van der Waals surface area contributed by atoms with E-state index in [1.54, 1.807) is 6.20 Å². The molecular formula is C15H23N5O3. The van der Waals surface area contributed by atoms with Crippen LogP contribution in [0.5, 0.6) is 0 Å². The zero-order valence-corrected chi connectivity index (χ0v) is 14.1. The number of H-pyrrole nitrogens is 1. The Morgan fingerprint density at radius 2 is 2.09 bits per heavy atom. The van der Waals surface area contributed by atoms with Gasteiger partial charge in [0.15, 0.2) is 0 Å². The molecule has 2 heterocycles. The van der Waals surface area contributed by atoms with E-state index in [4.69, 9.17) is 9.26 Å². The zero-order valence-electron chi connectivity index (χ0n) is 14.1. The summed E-state index contributed by atoms with van der Waals surface area (Å²) in [6, 6.07) is 0. The van der Waals surface area contributed by atoms with Crippen LogP contribution in [-0.2, 0) is 17.8 Å². The van der Waals surface area contributed by atoms with E-state index in [2.05, 4.69) is 26.0 Å². The van der Waals surface area contributed by atoms with Crippen LogP contribution in [0.15, 0.2) is 10.7 Å². The maximum absolute atomic E-state index is 11.8. The first kappa shape index (κ1) is 17.0. The lowest BCUT2D eigenvalue weighted by molar-refractivity contribution is 0.0635. The predicted molar refractivity (Wildman–Crippen MR) is 85.0 cm³/mol. The van der Waals surface area contributed by atoms with Crippen LogP contribution in [0.3, 0.4) is 0 Å². The normalized spacial score (nSPS) is 11.5. The van der Waals surface area contributed by atoms with Gasteiger partial charge in [-0.15, -0.1) is 0 Å². The fourth-order valence-electron chi connectivity index (χ4n) is 2.04. The Labute approximate surface area is 135 Å². The predicted octanol–water partition coefficient (Wildman–Crippen LogP) is 2.65. The van der Waals surface area contributed by atoms with Crippen LogP contribution in [0.4, 0.5) is 10.6 Å². The Balaban J connectivity index is 1.90. The smallest absolute Gasteiger partial charge is 0.413 e. The van der Waals surface area contributed by atoms with Gasteiger partial charge in [0.05, 0.1) is 11.9 Å². The van der Waals surface area contributed by atoms with Crippen molar-refractivity contribution >= 4 is 11.9 Å². The van der Waals surface area contributed by atoms with Crippen molar-refractivity contribution in [1.29, 1.82) is 0 Å². The van der Waals surface area contributed by atoms with Gasteiger partial charge in [-0.05, 0) is 34.6 Å². The fourth-order valence-corrected chi connectivity index (χ4v) is 2.04. The molecule has 8 nitrogen and oxygen atoms in total. The summed E-state index contributed by atoms with van der Waals surface area (Å²) in [4.78, 5) is 11.8. The van der Waals surface area contributed by atoms with E-state index in [0.29, 0.717) is 18.9 Å². The molecule has 126 valence electrons. The van der Waals surface area contributed by atoms with E-state index in [9.17, 15) is 4.79 Å². The molecule has 23 heavy (non-hydrogen) atoms. The Kier molecular flexibility index (Phi) is 5.05. The number of hydrogen-bond acceptors (Lipinski definition) is 6. The van der Waals surface area contributed by atoms with Crippen molar-refractivity contribution in [3.63, 3.8) is 0 Å². The van der Waals surface area contributed by atoms with Crippen molar-refractivity contribution in [2.24, 2.45) is 0 Å². The summed E-state index contributed by atoms with van der Waals surface area (Å²) >= 11 is 0. The molecule has 8 heteroatoms. The zero-order chi connectivity index (χ0) is 17.0. The molecular weight excluding hydrogens is 298 g/mol. The molecule has 0 spiro atoms. The molecule has 0 aliphatic carbocycles. The van der Waals surface area contributed by atoms with Gasteiger partial charge < -0.3 is 14.6 Å². The maximum atomic E-state index is 11.8. The average Bonchev–Trinajstić information content (AvgIpc) is 2.97. The number of hydrogen-bond donors (Lipinski definition) is 3. The van der Waals surface area contributed by atoms with Gasteiger partial charge in [-0.25, -0.2) is 4.79 Å². The number of carbonyl (C=O) groups is 1. The second-order valence-corrected chi connectivity index (χ2v) is 6.30. The second-order valence-electron chi connectivity index (χ2n) is 6.30. The molecule has 0 bridgehead atoms. The molecule has 0 saturated heterocycles. The largest absolute Gasteiger partial charge is 0.444 e. The van der Waals surface area contributed by atoms with Gasteiger partial charge in [0.1, 0.15) is 17.2 Å². The molecule has 0 aromatic carbocycles. The lowest BCUT2D eigenvalue weighted by Gasteiger charge is -2.19. The van der Waals surface area contributed by atoms with Crippen molar-refractivity contribution in [2.45, 2.75) is 53.3 Å². The average molecular weight is 321 g/mol. The number of aromatic nitrogens is 3. The van der Waals surface area contributed by atoms with E-state index in [1.165, 1.54) is 0 Å². The lowest BCUT2D eigenvalue weighted by Crippen LogP contribution is -2.27. The van der Waals surface area contributed by atoms with E-state index in [-0.39, 0.29) is 0 Å². The standard InChI is InChI=1S/C15H23N5O3/c1-9-12(10(2)23-20-9)8-16-6-11-7-17-19-13(11)18-14(21)22-15(3,4)5/h7,16H,6,8H2,1-5H3,(H2,17,18,19,21). The molecule has 2 aromatic heterocycles. The Morgan fingerprint density at radius 3 is 2.70 bits per heavy atom. The SMILES string of the molecule is Cc1noc(C)c1CNCc1cn[nH]c1NC(=O)OC(C)(C)C. The van der Waals surface area contributed by atoms with Crippen LogP contribution in [0.1, 0.15) is 43.4 Å². The number of amides is 1. The molecule has 1 amide bonds. The van der Waals surface area contributed by atoms with Gasteiger partial charge >= 0.3 is 6.09 Å². The van der Waals surface area contributed by atoms with Crippen LogP contribution in [0, 0.1) is 13.8 Å². The highest BCUT2D eigenvalue weighted by Gasteiger charge is 2.18. The summed E-state index contributed by atoms with van der Waals surface area (Å²) in [5.74, 6) is 1.32. The molecule has 3 N–H and O–H groups in total. The topological polar surface area (TPSA) is 105 Å². The summed E-state index contributed by atoms with van der Waals surface area (Å²) in [6.07, 6.45) is 1.14. The quantitative estimate of drug-likeness (QED) is 0.782. The highest BCUT2D eigenvalue weighted by Crippen LogP contribution is 2.15. The van der Waals surface area contributed by atoms with Gasteiger partial charge in [0.25, 0.3) is 0 Å². The maximum Gasteiger partial charge on any atom is 0.413 e. The molecule has 0 unspecified atom stereocenters. The molecule has 0 aliphatic heterocycles. The Morgan fingerprint density at radius 1 is 1.35 bits per heavy atom. The minimum Gasteiger partial charge on any atom is -0.444 e. The summed E-state index contributed by atoms with van der Waals surface area (Å²) in [5, 5.41) is 16.6. The first-order valence-electron chi connectivity index (χ1n) is 7.41. The van der Waals surface area contributed by atoms with Crippen LogP contribution in [-0.4, -0.2) is 27.0 Å². The lowest BCUT2D eigenvalue weighted by atomic mass is 10.2. The molecule has 2 rings (SSSR count). The van der Waals surface area contributed by atoms with Crippen LogP contribution in [0.2, 0.25) is 0 Å². The number of anilines is 1. The van der Waals surface area contributed by atoms with E-state index >= 15 is 0 Å². The highest BCUT2D eigenvalue weighted by molar-refractivity contribution is 5.84. The number of rotatable bonds is 5. The summed E-state index contributed by atoms with van der Waals surface area (Å²) < 4.78 is 10.3. The van der Waals surface area contributed by atoms with Crippen LogP contribution in [0.25, 0.3) is 0 Å². The molecule has 0 aliphatic rings. The molecule has 2 aromatic rings. The second kappa shape index (κ2) is 6.82. The van der Waals surface area contributed by atoms with Gasteiger partial charge in [-0.3, -0.25) is 10.4 Å². The van der Waals surface area contributed by atoms with E-state index < -0.39 is 11.7 Å². The van der Waals surface area contributed by atoms with Gasteiger partial charge in [0, 0.05) is 24.2 Å². The minimum atomic E-state index is -0.550. The fraction of sp³-hybridized carbons (Fsp3) is 0.533. The number of nitrogens with one attached hydrogen (secondary N) is 3. The number of ether oxygens (including phenoxy) is 1. The van der Waals surface area contributed by atoms with Gasteiger partial charge in [-0.1, -0.05) is 5.16 Å². The van der Waals surface area contributed by atoms with E-state index in [1.807, 2.05) is 34.6 Å². The highest BCUT2D eigenvalue weighted by atomic mass is 16.6. The van der Waals surface area contributed by atoms with Crippen molar-refractivity contribution < 1.29 is 14.1 Å². The summed E-state index contributed by atoms with van der Waals surface area (Å²) in [5.41, 5.74) is 2.19. The van der Waals surface area contributed by atoms with Crippen molar-refractivity contribution in [1.82, 2.24) is 20.7 Å². The third-order valence-electron chi connectivity index (χ3n) is 3.14. The summed E-state index contributed by atoms with van der Waals surface area (Å²) in [6.45, 7) is 10.4. The monoisotopic (exact) mass is 321 g/mol. The van der Waals surface area contributed by atoms with Crippen molar-refractivity contribution in [2.75, 3.05) is 5.32 Å². The number of aryl methyl sites for hydroxylation is 2. The van der Waals surface area contributed by atoms with Gasteiger partial charge in [-0.2, -0.15) is 5.10 Å². The van der Waals surface area contributed by atoms with Gasteiger partial charge in [0.2, 0.25) is 0 Å². The number of aromatic amines is 1. The third-order valence-corrected chi connectivity index (χ3v) is 3.14. The number of carbonyl (C=O) groups excluding carboxylic acids is 1. The van der Waals surface area contributed by atoms with Crippen LogP contribution >= 0.6 is 0 Å². The first-order chi connectivity index (χ1) is 10.8. The summed E-state index contributed by atoms with van der Waals surface area (Å²) in [7, 11) is 0. The Bertz CT molecular complexity index is 649. The Hall–Kier alpha value is -2.35. The molecule has 0 saturated carbocycles. The van der Waals surface area contributed by atoms with Crippen molar-refractivity contribution in [3.05, 3.63) is 28.8 Å². The molecule has 0 fully saturated rings.